The fraction of sp³-hybridized carbons (Fsp3) is 0.250. The van der Waals surface area contributed by atoms with Gasteiger partial charge in [-0.2, -0.15) is 0 Å². The van der Waals surface area contributed by atoms with E-state index in [4.69, 9.17) is 10.5 Å². The molecule has 2 heterocycles. The number of nitrogens with zero attached hydrogens (tertiary/aromatic N) is 1. The molecule has 2 aromatic heterocycles. The standard InChI is InChI=1S/C20H22N4O3/c1-11(2)18(27-20(21)26)15-7-14-9-17(24-19(14)22-10-15)13-5-4-6-16(8-13)23-12(3)25/h4-11,18H,1-3H3,(H2,21,26)(H,22,24)(H,23,25). The second-order valence-corrected chi connectivity index (χ2v) is 6.75. The van der Waals surface area contributed by atoms with Crippen LogP contribution in [-0.4, -0.2) is 22.0 Å². The van der Waals surface area contributed by atoms with Crippen molar-refractivity contribution in [3.05, 3.63) is 48.2 Å². The zero-order valence-electron chi connectivity index (χ0n) is 15.4. The lowest BCUT2D eigenvalue weighted by Gasteiger charge is -2.20. The van der Waals surface area contributed by atoms with Crippen molar-refractivity contribution in [1.29, 1.82) is 0 Å². The first-order valence-electron chi connectivity index (χ1n) is 8.66. The first kappa shape index (κ1) is 18.4. The van der Waals surface area contributed by atoms with E-state index in [2.05, 4.69) is 15.3 Å². The van der Waals surface area contributed by atoms with Gasteiger partial charge >= 0.3 is 6.09 Å². The van der Waals surface area contributed by atoms with Gasteiger partial charge in [0.05, 0.1) is 0 Å². The summed E-state index contributed by atoms with van der Waals surface area (Å²) in [4.78, 5) is 30.2. The minimum absolute atomic E-state index is 0.0597. The Kier molecular flexibility index (Phi) is 5.12. The third-order valence-corrected chi connectivity index (χ3v) is 4.16. The molecule has 7 heteroatoms. The lowest BCUT2D eigenvalue weighted by Crippen LogP contribution is -2.20. The predicted octanol–water partition coefficient (Wildman–Crippen LogP) is 3.98. The first-order valence-corrected chi connectivity index (χ1v) is 8.66. The van der Waals surface area contributed by atoms with Gasteiger partial charge in [0.15, 0.2) is 0 Å². The number of H-pyrrole nitrogens is 1. The topological polar surface area (TPSA) is 110 Å². The van der Waals surface area contributed by atoms with Gasteiger partial charge in [0.1, 0.15) is 11.8 Å². The quantitative estimate of drug-likeness (QED) is 0.634. The average Bonchev–Trinajstić information content (AvgIpc) is 3.02. The number of pyridine rings is 1. The van der Waals surface area contributed by atoms with E-state index in [1.807, 2.05) is 50.2 Å². The average molecular weight is 366 g/mol. The van der Waals surface area contributed by atoms with E-state index in [0.717, 1.165) is 33.5 Å². The van der Waals surface area contributed by atoms with Crippen LogP contribution in [0.3, 0.4) is 0 Å². The molecule has 0 radical (unpaired) electrons. The number of fused-ring (bicyclic) bond motifs is 1. The molecule has 0 aliphatic carbocycles. The van der Waals surface area contributed by atoms with Crippen LogP contribution in [0.1, 0.15) is 32.4 Å². The normalized spacial score (nSPS) is 12.1. The molecule has 0 aliphatic heterocycles. The van der Waals surface area contributed by atoms with Gasteiger partial charge in [-0.1, -0.05) is 26.0 Å². The van der Waals surface area contributed by atoms with E-state index in [1.54, 1.807) is 6.20 Å². The number of rotatable bonds is 5. The molecule has 27 heavy (non-hydrogen) atoms. The van der Waals surface area contributed by atoms with Crippen LogP contribution < -0.4 is 11.1 Å². The van der Waals surface area contributed by atoms with Crippen molar-refractivity contribution < 1.29 is 14.3 Å². The maximum atomic E-state index is 11.3. The van der Waals surface area contributed by atoms with Gasteiger partial charge in [-0.25, -0.2) is 9.78 Å². The molecule has 3 aromatic rings. The van der Waals surface area contributed by atoms with Crippen LogP contribution in [-0.2, 0) is 9.53 Å². The monoisotopic (exact) mass is 366 g/mol. The van der Waals surface area contributed by atoms with E-state index < -0.39 is 12.2 Å². The lowest BCUT2D eigenvalue weighted by atomic mass is 10.00. The van der Waals surface area contributed by atoms with Crippen LogP contribution in [0.15, 0.2) is 42.6 Å². The molecule has 1 unspecified atom stereocenters. The summed E-state index contributed by atoms with van der Waals surface area (Å²) in [6.07, 6.45) is 0.420. The number of amides is 2. The molecule has 0 aliphatic rings. The van der Waals surface area contributed by atoms with Crippen LogP contribution in [0.4, 0.5) is 10.5 Å². The van der Waals surface area contributed by atoms with E-state index in [-0.39, 0.29) is 11.8 Å². The number of benzene rings is 1. The van der Waals surface area contributed by atoms with Crippen LogP contribution in [0.25, 0.3) is 22.3 Å². The molecule has 140 valence electrons. The van der Waals surface area contributed by atoms with E-state index in [0.29, 0.717) is 0 Å². The Morgan fingerprint density at radius 2 is 2.00 bits per heavy atom. The Morgan fingerprint density at radius 1 is 1.22 bits per heavy atom. The molecular weight excluding hydrogens is 344 g/mol. The van der Waals surface area contributed by atoms with E-state index >= 15 is 0 Å². The molecule has 3 rings (SSSR count). The molecule has 4 N–H and O–H groups in total. The molecule has 0 saturated carbocycles. The number of nitrogens with one attached hydrogen (secondary N) is 2. The van der Waals surface area contributed by atoms with Gasteiger partial charge in [0, 0.05) is 41.0 Å². The van der Waals surface area contributed by atoms with Crippen LogP contribution in [0.2, 0.25) is 0 Å². The Hall–Kier alpha value is -3.35. The molecule has 0 fully saturated rings. The third-order valence-electron chi connectivity index (χ3n) is 4.16. The summed E-state index contributed by atoms with van der Waals surface area (Å²) in [6.45, 7) is 5.38. The molecule has 7 nitrogen and oxygen atoms in total. The highest BCUT2D eigenvalue weighted by molar-refractivity contribution is 5.90. The number of nitrogens with two attached hydrogens (primary N) is 1. The summed E-state index contributed by atoms with van der Waals surface area (Å²) < 4.78 is 5.24. The van der Waals surface area contributed by atoms with Gasteiger partial charge in [-0.15, -0.1) is 0 Å². The fourth-order valence-electron chi connectivity index (χ4n) is 3.03. The van der Waals surface area contributed by atoms with Gasteiger partial charge in [-0.05, 0) is 30.2 Å². The second kappa shape index (κ2) is 7.49. The zero-order chi connectivity index (χ0) is 19.6. The Balaban J connectivity index is 1.96. The summed E-state index contributed by atoms with van der Waals surface area (Å²) >= 11 is 0. The van der Waals surface area contributed by atoms with Gasteiger partial charge in [-0.3, -0.25) is 4.79 Å². The van der Waals surface area contributed by atoms with Gasteiger partial charge in [0.2, 0.25) is 5.91 Å². The largest absolute Gasteiger partial charge is 0.441 e. The Bertz CT molecular complexity index is 994. The number of aromatic nitrogens is 2. The van der Waals surface area contributed by atoms with Crippen molar-refractivity contribution in [2.45, 2.75) is 26.9 Å². The fourth-order valence-corrected chi connectivity index (χ4v) is 3.03. The van der Waals surface area contributed by atoms with Crippen LogP contribution in [0, 0.1) is 5.92 Å². The van der Waals surface area contributed by atoms with E-state index in [9.17, 15) is 9.59 Å². The van der Waals surface area contributed by atoms with Crippen molar-refractivity contribution >= 4 is 28.7 Å². The highest BCUT2D eigenvalue weighted by Gasteiger charge is 2.20. The molecule has 1 atom stereocenters. The maximum absolute atomic E-state index is 11.3. The van der Waals surface area contributed by atoms with Gasteiger partial charge in [0.25, 0.3) is 0 Å². The Labute approximate surface area is 156 Å². The number of primary amides is 1. The number of hydrogen-bond donors (Lipinski definition) is 3. The number of ether oxygens (including phenoxy) is 1. The van der Waals surface area contributed by atoms with Crippen LogP contribution in [0.5, 0.6) is 0 Å². The molecule has 0 bridgehead atoms. The summed E-state index contributed by atoms with van der Waals surface area (Å²) in [5.74, 6) is -0.0613. The Morgan fingerprint density at radius 3 is 2.67 bits per heavy atom. The van der Waals surface area contributed by atoms with Crippen molar-refractivity contribution in [1.82, 2.24) is 9.97 Å². The second-order valence-electron chi connectivity index (χ2n) is 6.75. The first-order chi connectivity index (χ1) is 12.8. The van der Waals surface area contributed by atoms with Crippen molar-refractivity contribution in [2.75, 3.05) is 5.32 Å². The highest BCUT2D eigenvalue weighted by atomic mass is 16.6. The SMILES string of the molecule is CC(=O)Nc1cccc(-c2cc3cc(C(OC(N)=O)C(C)C)cnc3[nH]2)c1. The molecule has 2 amide bonds. The predicted molar refractivity (Wildman–Crippen MR) is 104 cm³/mol. The van der Waals surface area contributed by atoms with Crippen molar-refractivity contribution in [3.63, 3.8) is 0 Å². The van der Waals surface area contributed by atoms with Gasteiger partial charge < -0.3 is 20.8 Å². The number of hydrogen-bond acceptors (Lipinski definition) is 4. The molecule has 0 spiro atoms. The number of carbonyl (C=O) groups is 2. The molecular formula is C20H22N4O3. The minimum Gasteiger partial charge on any atom is -0.441 e. The van der Waals surface area contributed by atoms with E-state index in [1.165, 1.54) is 6.92 Å². The summed E-state index contributed by atoms with van der Waals surface area (Å²) in [5, 5.41) is 3.67. The highest BCUT2D eigenvalue weighted by Crippen LogP contribution is 2.30. The molecule has 0 saturated heterocycles. The summed E-state index contributed by atoms with van der Waals surface area (Å²) in [6, 6.07) is 11.5. The number of aromatic amines is 1. The summed E-state index contributed by atoms with van der Waals surface area (Å²) in [7, 11) is 0. The van der Waals surface area contributed by atoms with Crippen molar-refractivity contribution in [3.8, 4) is 11.3 Å². The minimum atomic E-state index is -0.807. The van der Waals surface area contributed by atoms with Crippen LogP contribution >= 0.6 is 0 Å². The lowest BCUT2D eigenvalue weighted by molar-refractivity contribution is -0.114. The summed E-state index contributed by atoms with van der Waals surface area (Å²) in [5.41, 5.74) is 9.22. The molecule has 1 aromatic carbocycles. The number of anilines is 1. The smallest absolute Gasteiger partial charge is 0.405 e. The van der Waals surface area contributed by atoms with Crippen molar-refractivity contribution in [2.24, 2.45) is 11.7 Å². The number of carbonyl (C=O) groups excluding carboxylic acids is 2. The zero-order valence-corrected chi connectivity index (χ0v) is 15.4. The maximum Gasteiger partial charge on any atom is 0.405 e. The third kappa shape index (κ3) is 4.25.